The molecule has 3 N–H and O–H groups in total. The zero-order chi connectivity index (χ0) is 17.1. The number of amides is 1. The zero-order valence-electron chi connectivity index (χ0n) is 14.3. The van der Waals surface area contributed by atoms with Crippen molar-refractivity contribution in [3.63, 3.8) is 0 Å². The Kier molecular flexibility index (Phi) is 5.86. The van der Waals surface area contributed by atoms with E-state index in [2.05, 4.69) is 29.1 Å². The molecular weight excluding hydrogens is 328 g/mol. The molecule has 1 amide bonds. The number of hydrogen-bond acceptors (Lipinski definition) is 6. The first-order chi connectivity index (χ1) is 10.8. The summed E-state index contributed by atoms with van der Waals surface area (Å²) in [6, 6.07) is 0.187. The van der Waals surface area contributed by atoms with Crippen LogP contribution in [0, 0.1) is 13.8 Å². The predicted molar refractivity (Wildman–Crippen MR) is 99.1 cm³/mol. The summed E-state index contributed by atoms with van der Waals surface area (Å²) in [6.07, 6.45) is 2.03. The molecule has 2 aromatic heterocycles. The summed E-state index contributed by atoms with van der Waals surface area (Å²) in [6.45, 7) is 10.1. The largest absolute Gasteiger partial charge is 0.383 e. The molecule has 2 heterocycles. The molecule has 0 aliphatic heterocycles. The highest BCUT2D eigenvalue weighted by Crippen LogP contribution is 2.34. The SMILES string of the molecule is CCCC(C)NC(=O)C(C)Sc1nc(N)c2c(C)c(C)sc2n1. The minimum Gasteiger partial charge on any atom is -0.383 e. The number of nitrogens with one attached hydrogen (secondary N) is 1. The van der Waals surface area contributed by atoms with Gasteiger partial charge in [-0.3, -0.25) is 4.79 Å². The number of nitrogens with zero attached hydrogens (tertiary/aromatic N) is 2. The maximum Gasteiger partial charge on any atom is 0.233 e. The van der Waals surface area contributed by atoms with Gasteiger partial charge in [0.2, 0.25) is 5.91 Å². The molecule has 2 rings (SSSR count). The van der Waals surface area contributed by atoms with Gasteiger partial charge in [0.1, 0.15) is 10.6 Å². The first kappa shape index (κ1) is 18.0. The van der Waals surface area contributed by atoms with Crippen molar-refractivity contribution in [2.45, 2.75) is 63.9 Å². The lowest BCUT2D eigenvalue weighted by atomic mass is 10.2. The quantitative estimate of drug-likeness (QED) is 0.612. The fraction of sp³-hybridized carbons (Fsp3) is 0.562. The average molecular weight is 353 g/mol. The van der Waals surface area contributed by atoms with E-state index >= 15 is 0 Å². The molecule has 0 aliphatic carbocycles. The van der Waals surface area contributed by atoms with Gasteiger partial charge in [0.25, 0.3) is 0 Å². The van der Waals surface area contributed by atoms with Crippen LogP contribution in [0.5, 0.6) is 0 Å². The molecule has 2 aromatic rings. The minimum absolute atomic E-state index is 0.0109. The number of nitrogens with two attached hydrogens (primary N) is 1. The molecule has 0 aliphatic rings. The van der Waals surface area contributed by atoms with Gasteiger partial charge in [-0.15, -0.1) is 11.3 Å². The van der Waals surface area contributed by atoms with Crippen molar-refractivity contribution in [3.8, 4) is 0 Å². The van der Waals surface area contributed by atoms with Crippen molar-refractivity contribution in [2.24, 2.45) is 0 Å². The number of aryl methyl sites for hydroxylation is 2. The van der Waals surface area contributed by atoms with Crippen molar-refractivity contribution < 1.29 is 4.79 Å². The van der Waals surface area contributed by atoms with E-state index in [1.807, 2.05) is 20.8 Å². The Labute approximate surface area is 145 Å². The number of nitrogen functional groups attached to an aromatic ring is 1. The number of aromatic nitrogens is 2. The lowest BCUT2D eigenvalue weighted by Crippen LogP contribution is -2.37. The summed E-state index contributed by atoms with van der Waals surface area (Å²) < 4.78 is 0. The molecule has 0 fully saturated rings. The summed E-state index contributed by atoms with van der Waals surface area (Å²) in [5.41, 5.74) is 7.22. The first-order valence-electron chi connectivity index (χ1n) is 7.83. The summed E-state index contributed by atoms with van der Waals surface area (Å²) in [7, 11) is 0. The van der Waals surface area contributed by atoms with Gasteiger partial charge in [-0.25, -0.2) is 9.97 Å². The van der Waals surface area contributed by atoms with Gasteiger partial charge in [-0.1, -0.05) is 25.1 Å². The van der Waals surface area contributed by atoms with Crippen LogP contribution in [0.25, 0.3) is 10.2 Å². The minimum atomic E-state index is -0.256. The number of thiophene rings is 1. The van der Waals surface area contributed by atoms with Crippen molar-refractivity contribution >= 4 is 45.0 Å². The summed E-state index contributed by atoms with van der Waals surface area (Å²) >= 11 is 2.96. The summed E-state index contributed by atoms with van der Waals surface area (Å²) in [4.78, 5) is 23.2. The monoisotopic (exact) mass is 352 g/mol. The van der Waals surface area contributed by atoms with E-state index in [1.165, 1.54) is 16.6 Å². The topological polar surface area (TPSA) is 80.9 Å². The van der Waals surface area contributed by atoms with Gasteiger partial charge in [-0.05, 0) is 39.7 Å². The van der Waals surface area contributed by atoms with E-state index in [9.17, 15) is 4.79 Å². The van der Waals surface area contributed by atoms with Gasteiger partial charge in [0, 0.05) is 10.9 Å². The van der Waals surface area contributed by atoms with Crippen LogP contribution in [0.4, 0.5) is 5.82 Å². The Morgan fingerprint density at radius 1 is 1.35 bits per heavy atom. The number of thioether (sulfide) groups is 1. The molecule has 0 spiro atoms. The molecule has 0 bridgehead atoms. The van der Waals surface area contributed by atoms with Crippen LogP contribution < -0.4 is 11.1 Å². The molecule has 2 atom stereocenters. The van der Waals surface area contributed by atoms with Gasteiger partial charge >= 0.3 is 0 Å². The van der Waals surface area contributed by atoms with Crippen LogP contribution in [0.3, 0.4) is 0 Å². The van der Waals surface area contributed by atoms with Crippen molar-refractivity contribution in [3.05, 3.63) is 10.4 Å². The smallest absolute Gasteiger partial charge is 0.233 e. The second-order valence-electron chi connectivity index (χ2n) is 5.81. The van der Waals surface area contributed by atoms with Gasteiger partial charge in [0.15, 0.2) is 5.16 Å². The Balaban J connectivity index is 2.13. The van der Waals surface area contributed by atoms with Crippen LogP contribution in [-0.4, -0.2) is 27.2 Å². The average Bonchev–Trinajstić information content (AvgIpc) is 2.74. The number of carbonyl (C=O) groups excluding carboxylic acids is 1. The maximum atomic E-state index is 12.2. The number of fused-ring (bicyclic) bond motifs is 1. The standard InChI is InChI=1S/C16H24N4OS2/c1-6-7-8(2)18-14(21)11(5)23-16-19-13(17)12-9(3)10(4)22-15(12)20-16/h8,11H,6-7H2,1-5H3,(H,18,21)(H2,17,19,20). The molecule has 0 saturated heterocycles. The second-order valence-corrected chi connectivity index (χ2v) is 8.32. The van der Waals surface area contributed by atoms with E-state index in [-0.39, 0.29) is 17.2 Å². The molecule has 5 nitrogen and oxygen atoms in total. The molecule has 7 heteroatoms. The molecule has 0 radical (unpaired) electrons. The Morgan fingerprint density at radius 2 is 2.04 bits per heavy atom. The van der Waals surface area contributed by atoms with Crippen molar-refractivity contribution in [1.82, 2.24) is 15.3 Å². The Morgan fingerprint density at radius 3 is 2.70 bits per heavy atom. The number of anilines is 1. The fourth-order valence-electron chi connectivity index (χ4n) is 2.39. The van der Waals surface area contributed by atoms with Gasteiger partial charge < -0.3 is 11.1 Å². The third kappa shape index (κ3) is 4.14. The van der Waals surface area contributed by atoms with E-state index in [0.717, 1.165) is 28.6 Å². The predicted octanol–water partition coefficient (Wildman–Crippen LogP) is 3.68. The Hall–Kier alpha value is -1.34. The summed E-state index contributed by atoms with van der Waals surface area (Å²) in [5, 5.41) is 4.26. The van der Waals surface area contributed by atoms with E-state index in [1.54, 1.807) is 11.3 Å². The third-order valence-electron chi connectivity index (χ3n) is 3.80. The molecule has 0 saturated carbocycles. The van der Waals surface area contributed by atoms with Crippen LogP contribution in [0.15, 0.2) is 5.16 Å². The third-order valence-corrected chi connectivity index (χ3v) is 5.86. The van der Waals surface area contributed by atoms with Crippen LogP contribution in [0.2, 0.25) is 0 Å². The molecule has 126 valence electrons. The molecule has 0 aromatic carbocycles. The normalized spacial score (nSPS) is 14.0. The zero-order valence-corrected chi connectivity index (χ0v) is 15.9. The molecule has 23 heavy (non-hydrogen) atoms. The van der Waals surface area contributed by atoms with Crippen LogP contribution in [0.1, 0.15) is 44.1 Å². The van der Waals surface area contributed by atoms with Gasteiger partial charge in [-0.2, -0.15) is 0 Å². The van der Waals surface area contributed by atoms with Gasteiger partial charge in [0.05, 0.1) is 10.6 Å². The highest BCUT2D eigenvalue weighted by atomic mass is 32.2. The fourth-order valence-corrected chi connectivity index (χ4v) is 4.27. The number of carbonyl (C=O) groups is 1. The van der Waals surface area contributed by atoms with E-state index in [4.69, 9.17) is 5.73 Å². The number of rotatable bonds is 6. The van der Waals surface area contributed by atoms with Crippen molar-refractivity contribution in [2.75, 3.05) is 5.73 Å². The highest BCUT2D eigenvalue weighted by Gasteiger charge is 2.19. The van der Waals surface area contributed by atoms with Crippen molar-refractivity contribution in [1.29, 1.82) is 0 Å². The maximum absolute atomic E-state index is 12.2. The molecular formula is C16H24N4OS2. The Bertz CT molecular complexity index is 714. The van der Waals surface area contributed by atoms with E-state index < -0.39 is 0 Å². The lowest BCUT2D eigenvalue weighted by molar-refractivity contribution is -0.120. The summed E-state index contributed by atoms with van der Waals surface area (Å²) in [5.74, 6) is 0.503. The highest BCUT2D eigenvalue weighted by molar-refractivity contribution is 8.00. The second kappa shape index (κ2) is 7.49. The van der Waals surface area contributed by atoms with Crippen LogP contribution in [-0.2, 0) is 4.79 Å². The molecule has 2 unspecified atom stereocenters. The lowest BCUT2D eigenvalue weighted by Gasteiger charge is -2.16. The first-order valence-corrected chi connectivity index (χ1v) is 9.53. The van der Waals surface area contributed by atoms with Crippen LogP contribution >= 0.6 is 23.1 Å². The van der Waals surface area contributed by atoms with E-state index in [0.29, 0.717) is 11.0 Å². The number of hydrogen-bond donors (Lipinski definition) is 2.